The van der Waals surface area contributed by atoms with Crippen LogP contribution in [0.5, 0.6) is 5.75 Å². The Labute approximate surface area is 139 Å². The molecule has 2 rings (SSSR count). The smallest absolute Gasteiger partial charge is 0.223 e. The maximum absolute atomic E-state index is 12.1. The minimum atomic E-state index is 0.0873. The van der Waals surface area contributed by atoms with Crippen LogP contribution < -0.4 is 15.8 Å². The summed E-state index contributed by atoms with van der Waals surface area (Å²) >= 11 is 0. The number of carbonyl (C=O) groups excluding carboxylic acids is 1. The molecule has 1 aliphatic carbocycles. The second-order valence-electron chi connectivity index (χ2n) is 6.64. The number of hydrogen-bond acceptors (Lipinski definition) is 4. The van der Waals surface area contributed by atoms with Crippen LogP contribution in [0, 0.1) is 5.92 Å². The van der Waals surface area contributed by atoms with Crippen molar-refractivity contribution in [2.45, 2.75) is 38.3 Å². The predicted octanol–water partition coefficient (Wildman–Crippen LogP) is 1.76. The van der Waals surface area contributed by atoms with E-state index in [1.165, 1.54) is 0 Å². The molecule has 0 aromatic heterocycles. The molecule has 0 saturated heterocycles. The Kier molecular flexibility index (Phi) is 6.86. The number of ether oxygens (including phenoxy) is 1. The molecular formula is C18H29N3O2. The van der Waals surface area contributed by atoms with Gasteiger partial charge in [0.15, 0.2) is 0 Å². The highest BCUT2D eigenvalue weighted by Crippen LogP contribution is 2.24. The van der Waals surface area contributed by atoms with Gasteiger partial charge in [0.25, 0.3) is 0 Å². The third-order valence-electron chi connectivity index (χ3n) is 4.25. The molecule has 1 aromatic carbocycles. The molecule has 1 aromatic rings. The van der Waals surface area contributed by atoms with Gasteiger partial charge in [0.1, 0.15) is 5.75 Å². The molecule has 2 atom stereocenters. The summed E-state index contributed by atoms with van der Waals surface area (Å²) in [6.45, 7) is 2.30. The first-order valence-electron chi connectivity index (χ1n) is 8.44. The van der Waals surface area contributed by atoms with Crippen LogP contribution in [-0.4, -0.2) is 44.1 Å². The molecule has 128 valence electrons. The lowest BCUT2D eigenvalue weighted by molar-refractivity contribution is -0.125. The first-order chi connectivity index (χ1) is 11.0. The van der Waals surface area contributed by atoms with Crippen molar-refractivity contribution in [3.63, 3.8) is 0 Å². The Hall–Kier alpha value is -1.59. The summed E-state index contributed by atoms with van der Waals surface area (Å²) in [7, 11) is 4.12. The highest BCUT2D eigenvalue weighted by molar-refractivity contribution is 5.79. The van der Waals surface area contributed by atoms with E-state index in [2.05, 4.69) is 24.3 Å². The average molecular weight is 319 g/mol. The molecular weight excluding hydrogens is 290 g/mol. The molecule has 23 heavy (non-hydrogen) atoms. The van der Waals surface area contributed by atoms with Gasteiger partial charge in [-0.2, -0.15) is 0 Å². The van der Waals surface area contributed by atoms with Gasteiger partial charge in [-0.3, -0.25) is 4.79 Å². The summed E-state index contributed by atoms with van der Waals surface area (Å²) in [6, 6.07) is 8.12. The fourth-order valence-electron chi connectivity index (χ4n) is 2.86. The molecule has 5 heteroatoms. The van der Waals surface area contributed by atoms with Gasteiger partial charge in [0, 0.05) is 25.0 Å². The Balaban J connectivity index is 1.69. The Morgan fingerprint density at radius 1 is 1.30 bits per heavy atom. The Bertz CT molecular complexity index is 488. The van der Waals surface area contributed by atoms with Gasteiger partial charge in [0.2, 0.25) is 5.91 Å². The van der Waals surface area contributed by atoms with Crippen molar-refractivity contribution in [2.24, 2.45) is 11.7 Å². The normalized spacial score (nSPS) is 20.7. The molecule has 1 amide bonds. The fraction of sp³-hybridized carbons (Fsp3) is 0.611. The van der Waals surface area contributed by atoms with Crippen molar-refractivity contribution in [1.82, 2.24) is 10.2 Å². The van der Waals surface area contributed by atoms with Gasteiger partial charge in [-0.05, 0) is 57.5 Å². The fourth-order valence-corrected chi connectivity index (χ4v) is 2.86. The molecule has 3 N–H and O–H groups in total. The van der Waals surface area contributed by atoms with Crippen molar-refractivity contribution in [2.75, 3.05) is 27.2 Å². The van der Waals surface area contributed by atoms with Gasteiger partial charge >= 0.3 is 0 Å². The summed E-state index contributed by atoms with van der Waals surface area (Å²) in [5.41, 5.74) is 6.94. The first-order valence-corrected chi connectivity index (χ1v) is 8.44. The van der Waals surface area contributed by atoms with Crippen LogP contribution in [0.4, 0.5) is 0 Å². The third kappa shape index (κ3) is 6.20. The van der Waals surface area contributed by atoms with Gasteiger partial charge in [-0.15, -0.1) is 0 Å². The number of nitrogens with zero attached hydrogens (tertiary/aromatic N) is 1. The van der Waals surface area contributed by atoms with Crippen LogP contribution in [0.15, 0.2) is 24.3 Å². The maximum atomic E-state index is 12.1. The van der Waals surface area contributed by atoms with Crippen LogP contribution in [0.25, 0.3) is 0 Å². The first kappa shape index (κ1) is 17.8. The van der Waals surface area contributed by atoms with Crippen molar-refractivity contribution in [1.29, 1.82) is 0 Å². The predicted molar refractivity (Wildman–Crippen MR) is 92.3 cm³/mol. The zero-order valence-electron chi connectivity index (χ0n) is 14.3. The minimum absolute atomic E-state index is 0.0873. The SMILES string of the molecule is CN(C)CCCOc1ccc(CNC(=O)C2CCC(N)C2)cc1. The highest BCUT2D eigenvalue weighted by atomic mass is 16.5. The lowest BCUT2D eigenvalue weighted by Crippen LogP contribution is -2.29. The number of benzene rings is 1. The minimum Gasteiger partial charge on any atom is -0.494 e. The molecule has 1 saturated carbocycles. The van der Waals surface area contributed by atoms with Gasteiger partial charge in [-0.1, -0.05) is 12.1 Å². The number of hydrogen-bond donors (Lipinski definition) is 2. The summed E-state index contributed by atoms with van der Waals surface area (Å²) in [6.07, 6.45) is 3.69. The average Bonchev–Trinajstić information content (AvgIpc) is 2.97. The van der Waals surface area contributed by atoms with E-state index in [4.69, 9.17) is 10.5 Å². The van der Waals surface area contributed by atoms with Crippen molar-refractivity contribution >= 4 is 5.91 Å². The lowest BCUT2D eigenvalue weighted by Gasteiger charge is -2.12. The topological polar surface area (TPSA) is 67.6 Å². The van der Waals surface area contributed by atoms with E-state index in [-0.39, 0.29) is 17.9 Å². The number of nitrogens with one attached hydrogen (secondary N) is 1. The lowest BCUT2D eigenvalue weighted by atomic mass is 10.1. The zero-order chi connectivity index (χ0) is 16.7. The summed E-state index contributed by atoms with van der Waals surface area (Å²) in [5, 5.41) is 3.00. The quantitative estimate of drug-likeness (QED) is 0.717. The Morgan fingerprint density at radius 2 is 2.04 bits per heavy atom. The van der Waals surface area contributed by atoms with Crippen LogP contribution in [0.1, 0.15) is 31.2 Å². The molecule has 0 bridgehead atoms. The molecule has 2 unspecified atom stereocenters. The van der Waals surface area contributed by atoms with E-state index in [1.54, 1.807) is 0 Å². The van der Waals surface area contributed by atoms with Crippen molar-refractivity contribution in [3.8, 4) is 5.75 Å². The molecule has 5 nitrogen and oxygen atoms in total. The highest BCUT2D eigenvalue weighted by Gasteiger charge is 2.27. The van der Waals surface area contributed by atoms with Gasteiger partial charge in [0.05, 0.1) is 6.61 Å². The standard InChI is InChI=1S/C18H29N3O2/c1-21(2)10-3-11-23-17-8-4-14(5-9-17)13-20-18(22)15-6-7-16(19)12-15/h4-5,8-9,15-16H,3,6-7,10-13,19H2,1-2H3,(H,20,22). The zero-order valence-corrected chi connectivity index (χ0v) is 14.3. The van der Waals surface area contributed by atoms with Crippen LogP contribution in [0.2, 0.25) is 0 Å². The van der Waals surface area contributed by atoms with E-state index in [0.29, 0.717) is 6.54 Å². The van der Waals surface area contributed by atoms with Crippen LogP contribution in [-0.2, 0) is 11.3 Å². The number of carbonyl (C=O) groups is 1. The number of rotatable bonds is 8. The molecule has 0 spiro atoms. The second kappa shape index (κ2) is 8.89. The molecule has 0 aliphatic heterocycles. The summed E-state index contributed by atoms with van der Waals surface area (Å²) < 4.78 is 5.70. The maximum Gasteiger partial charge on any atom is 0.223 e. The van der Waals surface area contributed by atoms with Crippen LogP contribution >= 0.6 is 0 Å². The van der Waals surface area contributed by atoms with E-state index >= 15 is 0 Å². The van der Waals surface area contributed by atoms with E-state index in [0.717, 1.165) is 50.1 Å². The van der Waals surface area contributed by atoms with Crippen molar-refractivity contribution in [3.05, 3.63) is 29.8 Å². The van der Waals surface area contributed by atoms with Gasteiger partial charge in [-0.25, -0.2) is 0 Å². The van der Waals surface area contributed by atoms with Gasteiger partial charge < -0.3 is 20.7 Å². The summed E-state index contributed by atoms with van der Waals surface area (Å²) in [4.78, 5) is 14.2. The van der Waals surface area contributed by atoms with E-state index in [9.17, 15) is 4.79 Å². The molecule has 0 radical (unpaired) electrons. The number of nitrogens with two attached hydrogens (primary N) is 1. The molecule has 0 heterocycles. The largest absolute Gasteiger partial charge is 0.494 e. The third-order valence-corrected chi connectivity index (χ3v) is 4.25. The summed E-state index contributed by atoms with van der Waals surface area (Å²) in [5.74, 6) is 1.09. The van der Waals surface area contributed by atoms with Crippen LogP contribution in [0.3, 0.4) is 0 Å². The second-order valence-corrected chi connectivity index (χ2v) is 6.64. The number of amides is 1. The monoisotopic (exact) mass is 319 g/mol. The van der Waals surface area contributed by atoms with E-state index in [1.807, 2.05) is 24.3 Å². The Morgan fingerprint density at radius 3 is 2.65 bits per heavy atom. The molecule has 1 aliphatic rings. The van der Waals surface area contributed by atoms with Crippen molar-refractivity contribution < 1.29 is 9.53 Å². The van der Waals surface area contributed by atoms with E-state index < -0.39 is 0 Å². The molecule has 1 fully saturated rings.